The molecule has 0 atom stereocenters. The first kappa shape index (κ1) is 23.9. The largest absolute Gasteiger partial charge is 0.457 e. The van der Waals surface area contributed by atoms with E-state index in [1.54, 1.807) is 36.0 Å². The van der Waals surface area contributed by atoms with Crippen molar-refractivity contribution in [3.63, 3.8) is 0 Å². The van der Waals surface area contributed by atoms with Crippen molar-refractivity contribution in [2.75, 3.05) is 11.1 Å². The first-order valence-electron chi connectivity index (χ1n) is 10.8. The molecule has 1 amide bonds. The molecule has 0 aliphatic rings. The van der Waals surface area contributed by atoms with Gasteiger partial charge in [-0.2, -0.15) is 0 Å². The summed E-state index contributed by atoms with van der Waals surface area (Å²) in [5, 5.41) is 3.53. The van der Waals surface area contributed by atoms with Crippen molar-refractivity contribution in [2.24, 2.45) is 0 Å². The lowest BCUT2D eigenvalue weighted by atomic mass is 10.0. The van der Waals surface area contributed by atoms with Gasteiger partial charge in [0.2, 0.25) is 5.91 Å². The molecule has 0 saturated heterocycles. The zero-order valence-electron chi connectivity index (χ0n) is 18.6. The number of amides is 1. The van der Waals surface area contributed by atoms with E-state index in [-0.39, 0.29) is 12.3 Å². The van der Waals surface area contributed by atoms with Crippen LogP contribution in [0.4, 0.5) is 10.1 Å². The molecule has 34 heavy (non-hydrogen) atoms. The van der Waals surface area contributed by atoms with Crippen LogP contribution in [0.15, 0.2) is 95.9 Å². The van der Waals surface area contributed by atoms with E-state index in [1.807, 2.05) is 54.6 Å². The van der Waals surface area contributed by atoms with Gasteiger partial charge in [0.15, 0.2) is 0 Å². The van der Waals surface area contributed by atoms with Crippen molar-refractivity contribution >= 4 is 35.0 Å². The maximum absolute atomic E-state index is 13.7. The highest BCUT2D eigenvalue weighted by Gasteiger charge is 2.12. The van der Waals surface area contributed by atoms with E-state index >= 15 is 0 Å². The van der Waals surface area contributed by atoms with E-state index in [4.69, 9.17) is 16.3 Å². The van der Waals surface area contributed by atoms with Gasteiger partial charge in [-0.15, -0.1) is 11.8 Å². The monoisotopic (exact) mass is 491 g/mol. The fraction of sp³-hybridized carbons (Fsp3) is 0.107. The molecule has 0 saturated carbocycles. The molecule has 0 aromatic heterocycles. The summed E-state index contributed by atoms with van der Waals surface area (Å²) < 4.78 is 19.7. The number of hydrogen-bond donors (Lipinski definition) is 1. The molecule has 6 heteroatoms. The van der Waals surface area contributed by atoms with Crippen LogP contribution in [-0.2, 0) is 11.2 Å². The second-order valence-corrected chi connectivity index (χ2v) is 9.36. The first-order chi connectivity index (χ1) is 16.5. The number of ether oxygens (including phenoxy) is 1. The molecule has 4 aromatic carbocycles. The first-order valence-corrected chi connectivity index (χ1v) is 12.2. The Balaban J connectivity index is 1.57. The highest BCUT2D eigenvalue weighted by atomic mass is 35.5. The van der Waals surface area contributed by atoms with Crippen LogP contribution in [0, 0.1) is 5.82 Å². The number of benzene rings is 4. The predicted octanol–water partition coefficient (Wildman–Crippen LogP) is 8.23. The van der Waals surface area contributed by atoms with Crippen LogP contribution in [0.2, 0.25) is 5.02 Å². The Labute approximate surface area is 207 Å². The molecule has 0 aliphatic carbocycles. The highest BCUT2D eigenvalue weighted by molar-refractivity contribution is 7.99. The molecule has 3 nitrogen and oxygen atoms in total. The summed E-state index contributed by atoms with van der Waals surface area (Å²) in [5.74, 6) is 1.31. The van der Waals surface area contributed by atoms with Crippen LogP contribution >= 0.6 is 23.4 Å². The van der Waals surface area contributed by atoms with Gasteiger partial charge in [-0.25, -0.2) is 4.39 Å². The molecule has 172 valence electrons. The third kappa shape index (κ3) is 6.40. The number of thioether (sulfide) groups is 1. The Morgan fingerprint density at radius 1 is 0.971 bits per heavy atom. The van der Waals surface area contributed by atoms with E-state index in [2.05, 4.69) is 12.2 Å². The fourth-order valence-corrected chi connectivity index (χ4v) is 4.35. The van der Waals surface area contributed by atoms with Crippen LogP contribution in [0.1, 0.15) is 12.5 Å². The Kier molecular flexibility index (Phi) is 7.88. The number of halogens is 2. The van der Waals surface area contributed by atoms with Gasteiger partial charge in [-0.05, 0) is 65.4 Å². The third-order valence-corrected chi connectivity index (χ3v) is 6.15. The number of nitrogens with one attached hydrogen (secondary N) is 1. The highest BCUT2D eigenvalue weighted by Crippen LogP contribution is 2.36. The van der Waals surface area contributed by atoms with Crippen LogP contribution in [-0.4, -0.2) is 11.7 Å². The molecular weight excluding hydrogens is 469 g/mol. The molecule has 0 heterocycles. The van der Waals surface area contributed by atoms with E-state index in [1.165, 1.54) is 17.0 Å². The predicted molar refractivity (Wildman–Crippen MR) is 139 cm³/mol. The van der Waals surface area contributed by atoms with Gasteiger partial charge >= 0.3 is 0 Å². The lowest BCUT2D eigenvalue weighted by molar-refractivity contribution is -0.115. The molecule has 0 aliphatic heterocycles. The SMILES string of the molecule is CCSc1ccc(CC(=O)Nc2ccc(-c3cccc(Cl)c3)c(Oc3cccc(F)c3)c2)cc1. The van der Waals surface area contributed by atoms with Crippen molar-refractivity contribution in [2.45, 2.75) is 18.2 Å². The standard InChI is InChI=1S/C28H23ClFNO2S/c1-2-34-25-12-9-19(10-13-25)15-28(32)31-23-11-14-26(20-5-3-6-21(29)16-20)27(18-23)33-24-8-4-7-22(30)17-24/h3-14,16-18H,2,15H2,1H3,(H,31,32). The van der Waals surface area contributed by atoms with E-state index in [0.717, 1.165) is 22.4 Å². The molecule has 0 fully saturated rings. The summed E-state index contributed by atoms with van der Waals surface area (Å²) in [7, 11) is 0. The third-order valence-electron chi connectivity index (χ3n) is 5.02. The van der Waals surface area contributed by atoms with Gasteiger partial charge in [0.25, 0.3) is 0 Å². The number of hydrogen-bond acceptors (Lipinski definition) is 3. The lowest BCUT2D eigenvalue weighted by Gasteiger charge is -2.14. The summed E-state index contributed by atoms with van der Waals surface area (Å²) in [6.07, 6.45) is 0.257. The van der Waals surface area contributed by atoms with Gasteiger partial charge in [0, 0.05) is 33.3 Å². The van der Waals surface area contributed by atoms with Crippen LogP contribution in [0.3, 0.4) is 0 Å². The van der Waals surface area contributed by atoms with Crippen molar-refractivity contribution in [1.82, 2.24) is 0 Å². The Morgan fingerprint density at radius 2 is 1.76 bits per heavy atom. The molecular formula is C28H23ClFNO2S. The van der Waals surface area contributed by atoms with Crippen molar-refractivity contribution in [1.29, 1.82) is 0 Å². The summed E-state index contributed by atoms with van der Waals surface area (Å²) in [6.45, 7) is 2.11. The maximum atomic E-state index is 13.7. The van der Waals surface area contributed by atoms with Crippen LogP contribution in [0.25, 0.3) is 11.1 Å². The second kappa shape index (κ2) is 11.2. The number of carbonyl (C=O) groups is 1. The second-order valence-electron chi connectivity index (χ2n) is 7.58. The minimum absolute atomic E-state index is 0.136. The Morgan fingerprint density at radius 3 is 2.50 bits per heavy atom. The van der Waals surface area contributed by atoms with Gasteiger partial charge in [0.1, 0.15) is 17.3 Å². The molecule has 4 rings (SSSR count). The van der Waals surface area contributed by atoms with E-state index in [9.17, 15) is 9.18 Å². The molecule has 0 radical (unpaired) electrons. The van der Waals surface area contributed by atoms with Gasteiger partial charge in [-0.3, -0.25) is 4.79 Å². The normalized spacial score (nSPS) is 10.7. The van der Waals surface area contributed by atoms with Crippen molar-refractivity contribution < 1.29 is 13.9 Å². The molecule has 4 aromatic rings. The van der Waals surface area contributed by atoms with Gasteiger partial charge in [-0.1, -0.05) is 48.9 Å². The smallest absolute Gasteiger partial charge is 0.228 e. The summed E-state index contributed by atoms with van der Waals surface area (Å²) in [6, 6.07) is 26.7. The lowest BCUT2D eigenvalue weighted by Crippen LogP contribution is -2.14. The number of carbonyl (C=O) groups excluding carboxylic acids is 1. The maximum Gasteiger partial charge on any atom is 0.228 e. The van der Waals surface area contributed by atoms with Crippen LogP contribution in [0.5, 0.6) is 11.5 Å². The molecule has 0 spiro atoms. The van der Waals surface area contributed by atoms with Crippen molar-refractivity contribution in [3.05, 3.63) is 107 Å². The molecule has 0 bridgehead atoms. The van der Waals surface area contributed by atoms with Gasteiger partial charge in [0.05, 0.1) is 6.42 Å². The minimum atomic E-state index is -0.394. The van der Waals surface area contributed by atoms with Gasteiger partial charge < -0.3 is 10.1 Å². The number of anilines is 1. The average molecular weight is 492 g/mol. The van der Waals surface area contributed by atoms with E-state index < -0.39 is 5.82 Å². The summed E-state index contributed by atoms with van der Waals surface area (Å²) in [5.41, 5.74) is 3.14. The quantitative estimate of drug-likeness (QED) is 0.252. The average Bonchev–Trinajstić information content (AvgIpc) is 2.81. The van der Waals surface area contributed by atoms with E-state index in [0.29, 0.717) is 22.2 Å². The fourth-order valence-electron chi connectivity index (χ4n) is 3.50. The summed E-state index contributed by atoms with van der Waals surface area (Å²) in [4.78, 5) is 13.9. The molecule has 1 N–H and O–H groups in total. The van der Waals surface area contributed by atoms with Crippen molar-refractivity contribution in [3.8, 4) is 22.6 Å². The summed E-state index contributed by atoms with van der Waals surface area (Å²) >= 11 is 7.95. The topological polar surface area (TPSA) is 38.3 Å². The molecule has 0 unspecified atom stereocenters. The minimum Gasteiger partial charge on any atom is -0.457 e. The number of rotatable bonds is 8. The zero-order chi connectivity index (χ0) is 23.9. The Hall–Kier alpha value is -3.28. The zero-order valence-corrected chi connectivity index (χ0v) is 20.1. The van der Waals surface area contributed by atoms with Crippen LogP contribution < -0.4 is 10.1 Å². The Bertz CT molecular complexity index is 1290.